The predicted octanol–water partition coefficient (Wildman–Crippen LogP) is 3.70. The number of benzene rings is 1. The first-order chi connectivity index (χ1) is 19.4. The fraction of sp³-hybridized carbons (Fsp3) is 0.440. The van der Waals surface area contributed by atoms with Gasteiger partial charge in [0.25, 0.3) is 5.56 Å². The van der Waals surface area contributed by atoms with Crippen LogP contribution >= 0.6 is 15.9 Å². The van der Waals surface area contributed by atoms with Gasteiger partial charge in [-0.25, -0.2) is 23.2 Å². The Balaban J connectivity index is 1.87. The number of hydrogen-bond donors (Lipinski definition) is 0. The Kier molecular flexibility index (Phi) is 8.26. The Morgan fingerprint density at radius 3 is 2.50 bits per heavy atom. The van der Waals surface area contributed by atoms with Crippen LogP contribution < -0.4 is 10.5 Å². The van der Waals surface area contributed by atoms with Crippen LogP contribution in [0.15, 0.2) is 38.8 Å². The summed E-state index contributed by atoms with van der Waals surface area (Å²) in [4.78, 5) is 37.4. The molecule has 12 nitrogen and oxygen atoms in total. The molecule has 0 N–H and O–H groups in total. The first kappa shape index (κ1) is 31.2. The number of ether oxygens (including phenoxy) is 1. The number of nitriles is 1. The van der Waals surface area contributed by atoms with Crippen molar-refractivity contribution >= 4 is 48.6 Å². The van der Waals surface area contributed by atoms with Gasteiger partial charge in [-0.1, -0.05) is 22.0 Å². The van der Waals surface area contributed by atoms with Gasteiger partial charge in [0.15, 0.2) is 0 Å². The first-order valence-corrected chi connectivity index (χ1v) is 15.1. The topological polar surface area (TPSA) is 151 Å². The summed E-state index contributed by atoms with van der Waals surface area (Å²) in [6.07, 6.45) is -3.67. The molecule has 4 rings (SSSR count). The number of alkyl halides is 3. The number of nitrogens with zero attached hydrogens (tertiary/aromatic N) is 7. The standard InChI is InChI=1S/C25H25BrF3N7O5S/c1-24(2,3)41-23(38)35-11-10-34(13-14(35)8-9-30)20-15-12-31-36(17-7-5-6-16(26)18(17)25(27,28)29)21(37)19(15)32-22(33-20)42(4,39)40/h5-7,12,14H,8,10-11,13H2,1-4H3. The molecule has 0 saturated carbocycles. The monoisotopic (exact) mass is 671 g/mol. The summed E-state index contributed by atoms with van der Waals surface area (Å²) in [6.45, 7) is 5.28. The highest BCUT2D eigenvalue weighted by Crippen LogP contribution is 2.38. The van der Waals surface area contributed by atoms with E-state index >= 15 is 0 Å². The number of carbonyl (C=O) groups excluding carboxylic acids is 1. The van der Waals surface area contributed by atoms with E-state index in [1.807, 2.05) is 6.07 Å². The molecule has 1 fully saturated rings. The second-order valence-corrected chi connectivity index (χ2v) is 13.3. The van der Waals surface area contributed by atoms with E-state index in [1.54, 1.807) is 25.7 Å². The maximum Gasteiger partial charge on any atom is 0.419 e. The smallest absolute Gasteiger partial charge is 0.419 e. The van der Waals surface area contributed by atoms with Crippen LogP contribution in [0.4, 0.5) is 23.8 Å². The molecule has 2 aromatic heterocycles. The zero-order valence-corrected chi connectivity index (χ0v) is 25.2. The SMILES string of the molecule is CC(C)(C)OC(=O)N1CCN(c2nc(S(C)(=O)=O)nc3c(=O)n(-c4cccc(Br)c4C(F)(F)F)ncc23)CC1CC#N. The van der Waals surface area contributed by atoms with Crippen molar-refractivity contribution in [1.29, 1.82) is 5.26 Å². The highest BCUT2D eigenvalue weighted by atomic mass is 79.9. The minimum atomic E-state index is -4.86. The lowest BCUT2D eigenvalue weighted by atomic mass is 10.1. The summed E-state index contributed by atoms with van der Waals surface area (Å²) < 4.78 is 72.4. The molecular formula is C25H25BrF3N7O5S. The van der Waals surface area contributed by atoms with Crippen molar-refractivity contribution in [2.24, 2.45) is 0 Å². The summed E-state index contributed by atoms with van der Waals surface area (Å²) in [6, 6.07) is 4.84. The van der Waals surface area contributed by atoms with Crippen molar-refractivity contribution in [3.05, 3.63) is 44.8 Å². The number of aromatic nitrogens is 4. The van der Waals surface area contributed by atoms with Crippen LogP contribution in [-0.2, 0) is 20.8 Å². The Morgan fingerprint density at radius 2 is 1.90 bits per heavy atom. The summed E-state index contributed by atoms with van der Waals surface area (Å²) in [5.74, 6) is -0.0331. The number of rotatable bonds is 4. The third-order valence-corrected chi connectivity index (χ3v) is 7.68. The van der Waals surface area contributed by atoms with Gasteiger partial charge < -0.3 is 14.5 Å². The van der Waals surface area contributed by atoms with Crippen LogP contribution in [0.1, 0.15) is 32.8 Å². The predicted molar refractivity (Wildman–Crippen MR) is 148 cm³/mol. The van der Waals surface area contributed by atoms with Gasteiger partial charge in [0.2, 0.25) is 15.0 Å². The number of fused-ring (bicyclic) bond motifs is 1. The molecule has 0 aliphatic carbocycles. The number of carbonyl (C=O) groups is 1. The van der Waals surface area contributed by atoms with Crippen molar-refractivity contribution < 1.29 is 31.1 Å². The van der Waals surface area contributed by atoms with E-state index in [2.05, 4.69) is 31.0 Å². The number of sulfone groups is 1. The van der Waals surface area contributed by atoms with Gasteiger partial charge in [0.05, 0.1) is 41.4 Å². The molecule has 0 radical (unpaired) electrons. The van der Waals surface area contributed by atoms with E-state index in [0.29, 0.717) is 4.68 Å². The molecule has 1 saturated heterocycles. The number of hydrogen-bond acceptors (Lipinski definition) is 10. The summed E-state index contributed by atoms with van der Waals surface area (Å²) >= 11 is 2.87. The highest BCUT2D eigenvalue weighted by molar-refractivity contribution is 9.10. The molecule has 42 heavy (non-hydrogen) atoms. The van der Waals surface area contributed by atoms with Gasteiger partial charge in [-0.3, -0.25) is 4.79 Å². The van der Waals surface area contributed by atoms with Gasteiger partial charge in [0.1, 0.15) is 16.9 Å². The van der Waals surface area contributed by atoms with E-state index in [-0.39, 0.29) is 41.7 Å². The molecule has 1 aliphatic heterocycles. The molecule has 1 atom stereocenters. The summed E-state index contributed by atoms with van der Waals surface area (Å²) in [5.41, 5.74) is -4.12. The lowest BCUT2D eigenvalue weighted by Gasteiger charge is -2.41. The van der Waals surface area contributed by atoms with Crippen LogP contribution in [0.25, 0.3) is 16.6 Å². The minimum absolute atomic E-state index is 0.00898. The molecule has 3 aromatic rings. The summed E-state index contributed by atoms with van der Waals surface area (Å²) in [7, 11) is -4.10. The van der Waals surface area contributed by atoms with E-state index in [1.165, 1.54) is 11.0 Å². The van der Waals surface area contributed by atoms with Crippen LogP contribution in [0.5, 0.6) is 0 Å². The third kappa shape index (κ3) is 6.33. The van der Waals surface area contributed by atoms with Gasteiger partial charge in [-0.2, -0.15) is 28.2 Å². The van der Waals surface area contributed by atoms with Gasteiger partial charge in [-0.15, -0.1) is 0 Å². The number of amides is 1. The second kappa shape index (κ2) is 11.1. The average molecular weight is 672 g/mol. The maximum atomic E-state index is 13.9. The lowest BCUT2D eigenvalue weighted by molar-refractivity contribution is -0.138. The third-order valence-electron chi connectivity index (χ3n) is 6.17. The Labute approximate surface area is 246 Å². The zero-order chi connectivity index (χ0) is 31.2. The number of halogens is 4. The van der Waals surface area contributed by atoms with Gasteiger partial charge >= 0.3 is 12.3 Å². The maximum absolute atomic E-state index is 13.9. The van der Waals surface area contributed by atoms with Gasteiger partial charge in [0, 0.05) is 30.4 Å². The lowest BCUT2D eigenvalue weighted by Crippen LogP contribution is -2.56. The molecule has 0 spiro atoms. The molecule has 1 amide bonds. The van der Waals surface area contributed by atoms with Crippen molar-refractivity contribution in [2.45, 2.75) is 50.2 Å². The highest BCUT2D eigenvalue weighted by Gasteiger charge is 2.38. The van der Waals surface area contributed by atoms with Crippen molar-refractivity contribution in [1.82, 2.24) is 24.6 Å². The molecule has 1 aliphatic rings. The molecule has 3 heterocycles. The summed E-state index contributed by atoms with van der Waals surface area (Å²) in [5, 5.41) is 12.6. The Hall–Kier alpha value is -3.78. The Bertz CT molecular complexity index is 1770. The van der Waals surface area contributed by atoms with Crippen LogP contribution in [0, 0.1) is 11.3 Å². The Morgan fingerprint density at radius 1 is 1.21 bits per heavy atom. The first-order valence-electron chi connectivity index (χ1n) is 12.4. The molecule has 1 aromatic carbocycles. The fourth-order valence-corrected chi connectivity index (χ4v) is 5.51. The van der Waals surface area contributed by atoms with E-state index in [9.17, 15) is 36.4 Å². The molecule has 224 valence electrons. The van der Waals surface area contributed by atoms with Gasteiger partial charge in [-0.05, 0) is 32.9 Å². The minimum Gasteiger partial charge on any atom is -0.444 e. The normalized spacial score (nSPS) is 16.4. The van der Waals surface area contributed by atoms with E-state index in [0.717, 1.165) is 24.6 Å². The zero-order valence-electron chi connectivity index (χ0n) is 22.8. The van der Waals surface area contributed by atoms with Crippen LogP contribution in [0.3, 0.4) is 0 Å². The van der Waals surface area contributed by atoms with Crippen molar-refractivity contribution in [3.63, 3.8) is 0 Å². The largest absolute Gasteiger partial charge is 0.444 e. The number of piperazine rings is 1. The quantitative estimate of drug-likeness (QED) is 0.376. The van der Waals surface area contributed by atoms with E-state index < -0.39 is 61.2 Å². The second-order valence-electron chi connectivity index (χ2n) is 10.5. The molecular weight excluding hydrogens is 647 g/mol. The van der Waals surface area contributed by atoms with E-state index in [4.69, 9.17) is 4.74 Å². The molecule has 17 heteroatoms. The molecule has 0 bridgehead atoms. The van der Waals surface area contributed by atoms with Crippen LogP contribution in [-0.4, -0.2) is 76.7 Å². The number of anilines is 1. The average Bonchev–Trinajstić information content (AvgIpc) is 2.86. The fourth-order valence-electron chi connectivity index (χ4n) is 4.42. The van der Waals surface area contributed by atoms with Crippen molar-refractivity contribution in [2.75, 3.05) is 30.8 Å². The molecule has 1 unspecified atom stereocenters. The van der Waals surface area contributed by atoms with Crippen LogP contribution in [0.2, 0.25) is 0 Å². The van der Waals surface area contributed by atoms with Crippen molar-refractivity contribution in [3.8, 4) is 11.8 Å².